The number of halogens is 1. The lowest BCUT2D eigenvalue weighted by molar-refractivity contribution is 0.391. The highest BCUT2D eigenvalue weighted by molar-refractivity contribution is 9.09. The van der Waals surface area contributed by atoms with Gasteiger partial charge in [0, 0.05) is 5.33 Å². The van der Waals surface area contributed by atoms with Gasteiger partial charge in [0.2, 0.25) is 0 Å². The zero-order chi connectivity index (χ0) is 13.7. The maximum Gasteiger partial charge on any atom is 0.311 e. The summed E-state index contributed by atoms with van der Waals surface area (Å²) in [6.45, 7) is 15.8. The van der Waals surface area contributed by atoms with E-state index in [9.17, 15) is 0 Å². The van der Waals surface area contributed by atoms with Crippen LogP contribution < -0.4 is 0 Å². The Morgan fingerprint density at radius 3 is 1.76 bits per heavy atom. The molecule has 0 aliphatic rings. The molecule has 6 heteroatoms. The summed E-state index contributed by atoms with van der Waals surface area (Å²) in [5, 5.41) is 1.10. The van der Waals surface area contributed by atoms with Crippen molar-refractivity contribution in [2.24, 2.45) is 0 Å². The van der Waals surface area contributed by atoms with Gasteiger partial charge in [0.05, 0.1) is 0 Å². The molecule has 0 rings (SSSR count). The normalized spacial score (nSPS) is 14.1. The summed E-state index contributed by atoms with van der Waals surface area (Å²) in [5.41, 5.74) is 0. The minimum atomic E-state index is -1.92. The second-order valence-corrected chi connectivity index (χ2v) is 20.1. The van der Waals surface area contributed by atoms with Gasteiger partial charge in [0.25, 0.3) is 0 Å². The largest absolute Gasteiger partial charge is 0.437 e. The van der Waals surface area contributed by atoms with Crippen molar-refractivity contribution in [3.63, 3.8) is 0 Å². The van der Waals surface area contributed by atoms with E-state index < -0.39 is 25.2 Å². The lowest BCUT2D eigenvalue weighted by Gasteiger charge is -2.37. The molecule has 0 aromatic carbocycles. The van der Waals surface area contributed by atoms with Crippen molar-refractivity contribution in [3.8, 4) is 0 Å². The molecule has 104 valence electrons. The van der Waals surface area contributed by atoms with Gasteiger partial charge in [-0.25, -0.2) is 0 Å². The molecule has 0 aliphatic heterocycles. The first-order valence-electron chi connectivity index (χ1n) is 6.44. The number of unbranched alkanes of at least 4 members (excludes halogenated alkanes) is 1. The summed E-state index contributed by atoms with van der Waals surface area (Å²) in [6, 6.07) is 1.24. The van der Waals surface area contributed by atoms with E-state index in [-0.39, 0.29) is 0 Å². The average molecular weight is 358 g/mol. The molecule has 0 amide bonds. The van der Waals surface area contributed by atoms with Gasteiger partial charge in [0.1, 0.15) is 0 Å². The third-order valence-electron chi connectivity index (χ3n) is 2.24. The SMILES string of the molecule is C[Si](C)(C)O[Si](C)(C)O[Si](C)(C)CCCCBr. The van der Waals surface area contributed by atoms with Crippen molar-refractivity contribution in [2.75, 3.05) is 5.33 Å². The minimum Gasteiger partial charge on any atom is -0.437 e. The predicted molar refractivity (Wildman–Crippen MR) is 88.3 cm³/mol. The highest BCUT2D eigenvalue weighted by Crippen LogP contribution is 2.24. The highest BCUT2D eigenvalue weighted by Gasteiger charge is 2.37. The Labute approximate surface area is 119 Å². The Balaban J connectivity index is 4.27. The third-order valence-corrected chi connectivity index (χ3v) is 12.9. The van der Waals surface area contributed by atoms with Gasteiger partial charge in [-0.1, -0.05) is 22.4 Å². The smallest absolute Gasteiger partial charge is 0.311 e. The van der Waals surface area contributed by atoms with Crippen molar-refractivity contribution in [2.45, 2.75) is 64.7 Å². The quantitative estimate of drug-likeness (QED) is 0.348. The maximum absolute atomic E-state index is 6.42. The molecule has 17 heavy (non-hydrogen) atoms. The van der Waals surface area contributed by atoms with E-state index in [1.54, 1.807) is 0 Å². The van der Waals surface area contributed by atoms with Crippen molar-refractivity contribution < 1.29 is 8.23 Å². The molecule has 0 N–H and O–H groups in total. The summed E-state index contributed by atoms with van der Waals surface area (Å²) in [7, 11) is -4.94. The Kier molecular flexibility index (Phi) is 7.43. The van der Waals surface area contributed by atoms with Crippen LogP contribution in [0.4, 0.5) is 0 Å². The van der Waals surface area contributed by atoms with Gasteiger partial charge in [-0.3, -0.25) is 0 Å². The summed E-state index contributed by atoms with van der Waals surface area (Å²) < 4.78 is 12.7. The van der Waals surface area contributed by atoms with Gasteiger partial charge >= 0.3 is 8.56 Å². The molecule has 0 bridgehead atoms. The molecule has 0 saturated carbocycles. The van der Waals surface area contributed by atoms with E-state index in [4.69, 9.17) is 8.23 Å². The van der Waals surface area contributed by atoms with E-state index in [0.717, 1.165) is 5.33 Å². The maximum atomic E-state index is 6.42. The third kappa shape index (κ3) is 10.6. The molecule has 0 fully saturated rings. The topological polar surface area (TPSA) is 18.5 Å². The first-order valence-corrected chi connectivity index (χ1v) is 16.9. The number of rotatable bonds is 8. The van der Waals surface area contributed by atoms with E-state index in [1.165, 1.54) is 18.9 Å². The first-order chi connectivity index (χ1) is 7.47. The highest BCUT2D eigenvalue weighted by atomic mass is 79.9. The average Bonchev–Trinajstić information content (AvgIpc) is 1.96. The molecule has 0 unspecified atom stereocenters. The second-order valence-electron chi connectivity index (χ2n) is 6.62. The molecular weight excluding hydrogens is 328 g/mol. The fourth-order valence-electron chi connectivity index (χ4n) is 2.12. The zero-order valence-corrected chi connectivity index (χ0v) is 17.1. The van der Waals surface area contributed by atoms with Crippen molar-refractivity contribution in [1.82, 2.24) is 0 Å². The number of alkyl halides is 1. The van der Waals surface area contributed by atoms with Gasteiger partial charge < -0.3 is 8.23 Å². The fraction of sp³-hybridized carbons (Fsp3) is 1.00. The number of hydrogen-bond donors (Lipinski definition) is 0. The van der Waals surface area contributed by atoms with E-state index in [0.29, 0.717) is 0 Å². The monoisotopic (exact) mass is 356 g/mol. The molecule has 0 radical (unpaired) electrons. The second kappa shape index (κ2) is 7.00. The van der Waals surface area contributed by atoms with Crippen LogP contribution in [0, 0.1) is 0 Å². The van der Waals surface area contributed by atoms with Crippen LogP contribution in [0.1, 0.15) is 12.8 Å². The minimum absolute atomic E-state index is 1.10. The van der Waals surface area contributed by atoms with Crippen molar-refractivity contribution >= 4 is 41.1 Å². The Morgan fingerprint density at radius 2 is 1.35 bits per heavy atom. The van der Waals surface area contributed by atoms with Gasteiger partial charge in [0.15, 0.2) is 16.6 Å². The predicted octanol–water partition coefficient (Wildman–Crippen LogP) is 4.94. The van der Waals surface area contributed by atoms with Crippen LogP contribution in [-0.2, 0) is 8.23 Å². The van der Waals surface area contributed by atoms with Gasteiger partial charge in [-0.2, -0.15) is 0 Å². The lowest BCUT2D eigenvalue weighted by Crippen LogP contribution is -2.51. The molecule has 0 atom stereocenters. The molecule has 0 heterocycles. The zero-order valence-electron chi connectivity index (χ0n) is 12.5. The standard InChI is InChI=1S/C11H29BrO2Si3/c1-15(2,3)13-17(6,7)14-16(4,5)11-9-8-10-12/h8-11H2,1-7H3. The molecule has 0 spiro atoms. The number of hydrogen-bond acceptors (Lipinski definition) is 2. The molecule has 0 aromatic heterocycles. The molecule has 2 nitrogen and oxygen atoms in total. The van der Waals surface area contributed by atoms with E-state index in [1.807, 2.05) is 0 Å². The Bertz CT molecular complexity index is 227. The molecular formula is C11H29BrO2Si3. The van der Waals surface area contributed by atoms with Crippen LogP contribution in [0.3, 0.4) is 0 Å². The van der Waals surface area contributed by atoms with Crippen molar-refractivity contribution in [3.05, 3.63) is 0 Å². The van der Waals surface area contributed by atoms with Crippen LogP contribution in [-0.4, -0.2) is 30.5 Å². The van der Waals surface area contributed by atoms with E-state index >= 15 is 0 Å². The van der Waals surface area contributed by atoms with Gasteiger partial charge in [-0.15, -0.1) is 0 Å². The summed E-state index contributed by atoms with van der Waals surface area (Å²) in [4.78, 5) is 0. The molecule has 0 saturated heterocycles. The first kappa shape index (κ1) is 18.1. The van der Waals surface area contributed by atoms with Crippen LogP contribution in [0.5, 0.6) is 0 Å². The van der Waals surface area contributed by atoms with Crippen LogP contribution in [0.2, 0.25) is 51.9 Å². The van der Waals surface area contributed by atoms with Gasteiger partial charge in [-0.05, 0) is 58.3 Å². The van der Waals surface area contributed by atoms with Crippen LogP contribution in [0.25, 0.3) is 0 Å². The molecule has 0 aliphatic carbocycles. The van der Waals surface area contributed by atoms with Crippen molar-refractivity contribution in [1.29, 1.82) is 0 Å². The van der Waals surface area contributed by atoms with Crippen LogP contribution >= 0.6 is 15.9 Å². The fourth-order valence-corrected chi connectivity index (χ4v) is 15.8. The Morgan fingerprint density at radius 1 is 0.824 bits per heavy atom. The van der Waals surface area contributed by atoms with Crippen LogP contribution in [0.15, 0.2) is 0 Å². The molecule has 0 aromatic rings. The Hall–Kier alpha value is 1.05. The summed E-state index contributed by atoms with van der Waals surface area (Å²) in [5.74, 6) is 0. The van der Waals surface area contributed by atoms with E-state index in [2.05, 4.69) is 61.8 Å². The summed E-state index contributed by atoms with van der Waals surface area (Å²) >= 11 is 3.48. The summed E-state index contributed by atoms with van der Waals surface area (Å²) in [6.07, 6.45) is 2.51. The lowest BCUT2D eigenvalue weighted by atomic mass is 10.4.